The Kier molecular flexibility index (Phi) is 14.5. The summed E-state index contributed by atoms with van der Waals surface area (Å²) in [6, 6.07) is 5.92. The molecule has 0 saturated heterocycles. The molecule has 0 fully saturated rings. The Morgan fingerprint density at radius 2 is 0.676 bits per heavy atom. The zero-order valence-electron chi connectivity index (χ0n) is 36.6. The van der Waals surface area contributed by atoms with E-state index < -0.39 is 5.41 Å². The fourth-order valence-electron chi connectivity index (χ4n) is 7.98. The molecule has 0 unspecified atom stereocenters. The van der Waals surface area contributed by atoms with E-state index in [2.05, 4.69) is 47.6 Å². The minimum absolute atomic E-state index is 0. The van der Waals surface area contributed by atoms with Gasteiger partial charge in [0.25, 0.3) is 0 Å². The van der Waals surface area contributed by atoms with Crippen molar-refractivity contribution in [2.45, 2.75) is 52.4 Å². The van der Waals surface area contributed by atoms with E-state index in [1.54, 1.807) is 0 Å². The molecule has 5 aromatic carbocycles. The van der Waals surface area contributed by atoms with Crippen LogP contribution in [-0.4, -0.2) is 29.9 Å². The average Bonchev–Trinajstić information content (AvgIpc) is 4.05. The standard InChI is InChI=1S/C46H21Cl15N8O.Zn/c1-45(2,3)10-7-8-12(11(9-10)46(4,5)6)70-36-28(54)20-19(27(53)35(36)61)43-67-41-16-15(23(49)31(57)32(58)24(16)50)39(65-41)63-37-13-14(22(48)30(56)29(55)21(13)47)38(62-37)64-40-17-18(42(66-40)68-44(20)69-43)26(52)34(60)33(59)25(17)51;/h7-9H,1-6H3;/q-2;+2. The number of hydrogen-bond acceptors (Lipinski definition) is 7. The second-order valence-corrected chi connectivity index (χ2v) is 23.5. The van der Waals surface area contributed by atoms with Gasteiger partial charge < -0.3 is 34.6 Å². The molecular formula is C46H21Cl15N8OZn. The van der Waals surface area contributed by atoms with Crippen molar-refractivity contribution in [1.29, 1.82) is 0 Å². The summed E-state index contributed by atoms with van der Waals surface area (Å²) in [7, 11) is 0. The molecule has 10 rings (SSSR count). The first-order valence-corrected chi connectivity index (χ1v) is 25.7. The first-order chi connectivity index (χ1) is 32.7. The zero-order valence-corrected chi connectivity index (χ0v) is 50.9. The van der Waals surface area contributed by atoms with Crippen molar-refractivity contribution in [2.24, 2.45) is 0 Å². The minimum atomic E-state index is -0.405. The van der Waals surface area contributed by atoms with Crippen molar-refractivity contribution in [3.63, 3.8) is 0 Å². The van der Waals surface area contributed by atoms with E-state index in [4.69, 9.17) is 219 Å². The molecule has 0 spiro atoms. The van der Waals surface area contributed by atoms with E-state index >= 15 is 0 Å². The molecule has 5 heterocycles. The van der Waals surface area contributed by atoms with Crippen LogP contribution in [0.15, 0.2) is 18.2 Å². The van der Waals surface area contributed by atoms with E-state index in [1.165, 1.54) is 0 Å². The van der Waals surface area contributed by atoms with Crippen molar-refractivity contribution >= 4 is 218 Å². The van der Waals surface area contributed by atoms with Crippen molar-refractivity contribution < 1.29 is 24.2 Å². The van der Waals surface area contributed by atoms with E-state index in [1.807, 2.05) is 12.1 Å². The molecule has 71 heavy (non-hydrogen) atoms. The second kappa shape index (κ2) is 19.1. The van der Waals surface area contributed by atoms with Crippen molar-refractivity contribution in [3.8, 4) is 57.1 Å². The molecule has 0 saturated carbocycles. The normalized spacial score (nSPS) is 12.5. The number of rotatable bonds is 2. The van der Waals surface area contributed by atoms with Gasteiger partial charge in [0.05, 0.1) is 93.6 Å². The van der Waals surface area contributed by atoms with Crippen molar-refractivity contribution in [1.82, 2.24) is 39.9 Å². The number of aromatic nitrogens is 8. The Bertz CT molecular complexity index is 3910. The van der Waals surface area contributed by atoms with Crippen LogP contribution in [0, 0.1) is 0 Å². The van der Waals surface area contributed by atoms with Gasteiger partial charge in [-0.05, 0) is 22.5 Å². The van der Waals surface area contributed by atoms with Crippen LogP contribution in [-0.2, 0) is 30.3 Å². The molecule has 358 valence electrons. The fourth-order valence-corrected chi connectivity index (χ4v) is 11.9. The van der Waals surface area contributed by atoms with Crippen molar-refractivity contribution in [2.75, 3.05) is 0 Å². The number of hydrogen-bond donors (Lipinski definition) is 0. The maximum Gasteiger partial charge on any atom is 2.00 e. The van der Waals surface area contributed by atoms with Gasteiger partial charge in [-0.3, -0.25) is 0 Å². The van der Waals surface area contributed by atoms with Gasteiger partial charge in [0, 0.05) is 72.0 Å². The second-order valence-electron chi connectivity index (χ2n) is 17.8. The quantitative estimate of drug-likeness (QED) is 0.0948. The number of halogens is 15. The summed E-state index contributed by atoms with van der Waals surface area (Å²) < 4.78 is 6.70. The number of fused-ring (bicyclic) bond motifs is 20. The first kappa shape index (κ1) is 54.0. The molecule has 0 N–H and O–H groups in total. The monoisotopic (exact) mass is 1290 g/mol. The summed E-state index contributed by atoms with van der Waals surface area (Å²) in [6.45, 7) is 12.5. The molecule has 2 aliphatic rings. The summed E-state index contributed by atoms with van der Waals surface area (Å²) in [4.78, 5) is 38.8. The van der Waals surface area contributed by atoms with E-state index in [0.717, 1.165) is 11.1 Å². The topological polar surface area (TPSA) is 115 Å². The summed E-state index contributed by atoms with van der Waals surface area (Å²) in [5.41, 5.74) is 1.33. The molecule has 0 radical (unpaired) electrons. The van der Waals surface area contributed by atoms with Gasteiger partial charge in [0.15, 0.2) is 5.75 Å². The molecule has 25 heteroatoms. The van der Waals surface area contributed by atoms with Gasteiger partial charge in [-0.2, -0.15) is 0 Å². The SMILES string of the molecule is CC(C)(C)c1ccc(Oc2c(Cl)c(Cl)c3c(c2Cl)-c2nc-3nc3[n-]c(nc4nc(nc5[n-]c(n2)c2c(Cl)c(Cl)c(Cl)c(Cl)c52)-c2c(Cl)c(Cl)c(Cl)c(Cl)c2-4)c2c(Cl)c(Cl)c(Cl)c(Cl)c32)c(C(C)(C)C)c1.[Zn+2]. The van der Waals surface area contributed by atoms with Gasteiger partial charge in [-0.25, -0.2) is 9.97 Å². The van der Waals surface area contributed by atoms with Gasteiger partial charge in [-0.15, -0.1) is 0 Å². The van der Waals surface area contributed by atoms with E-state index in [-0.39, 0.29) is 196 Å². The summed E-state index contributed by atoms with van der Waals surface area (Å²) in [5.74, 6) is -0.00923. The van der Waals surface area contributed by atoms with Gasteiger partial charge in [0.2, 0.25) is 0 Å². The Hall–Kier alpha value is -1.77. The molecular weight excluding hydrogens is 1280 g/mol. The molecule has 2 aliphatic heterocycles. The Balaban J connectivity index is 0.00000624. The van der Waals surface area contributed by atoms with E-state index in [0.29, 0.717) is 5.75 Å². The number of nitrogens with zero attached hydrogens (tertiary/aromatic N) is 8. The minimum Gasteiger partial charge on any atom is -0.454 e. The molecule has 3 aromatic heterocycles. The first-order valence-electron chi connectivity index (χ1n) is 20.1. The molecule has 8 aromatic rings. The Morgan fingerprint density at radius 1 is 0.366 bits per heavy atom. The molecule has 0 aliphatic carbocycles. The van der Waals surface area contributed by atoms with Crippen LogP contribution in [0.3, 0.4) is 0 Å². The van der Waals surface area contributed by atoms with Crippen LogP contribution >= 0.6 is 174 Å². The molecule has 9 nitrogen and oxygen atoms in total. The third-order valence-corrected chi connectivity index (χ3v) is 18.0. The van der Waals surface area contributed by atoms with Crippen molar-refractivity contribution in [3.05, 3.63) is 105 Å². The van der Waals surface area contributed by atoms with Crippen LogP contribution in [0.4, 0.5) is 0 Å². The molecule has 0 amide bonds. The largest absolute Gasteiger partial charge is 2.00 e. The molecule has 8 bridgehead atoms. The summed E-state index contributed by atoms with van der Waals surface area (Å²) in [5, 5.41) is -0.977. The third-order valence-electron chi connectivity index (χ3n) is 11.4. The third kappa shape index (κ3) is 8.54. The number of benzene rings is 5. The smallest absolute Gasteiger partial charge is 0.454 e. The van der Waals surface area contributed by atoms with Crippen LogP contribution < -0.4 is 14.7 Å². The zero-order chi connectivity index (χ0) is 50.7. The number of ether oxygens (including phenoxy) is 1. The maximum atomic E-state index is 7.46. The van der Waals surface area contributed by atoms with Gasteiger partial charge in [0.1, 0.15) is 10.8 Å². The van der Waals surface area contributed by atoms with Gasteiger partial charge >= 0.3 is 19.5 Å². The predicted octanol–water partition coefficient (Wildman–Crippen LogP) is 20.3. The van der Waals surface area contributed by atoms with Crippen LogP contribution in [0.5, 0.6) is 11.5 Å². The maximum absolute atomic E-state index is 7.46. The predicted molar refractivity (Wildman–Crippen MR) is 293 cm³/mol. The molecule has 0 atom stereocenters. The van der Waals surface area contributed by atoms with Gasteiger partial charge in [-0.1, -0.05) is 228 Å². The average molecular weight is 1300 g/mol. The fraction of sp³-hybridized carbons (Fsp3) is 0.174. The van der Waals surface area contributed by atoms with E-state index in [9.17, 15) is 0 Å². The van der Waals surface area contributed by atoms with Crippen LogP contribution in [0.1, 0.15) is 52.7 Å². The van der Waals surface area contributed by atoms with Crippen LogP contribution in [0.2, 0.25) is 75.3 Å². The van der Waals surface area contributed by atoms with Crippen LogP contribution in [0.25, 0.3) is 89.7 Å². The Morgan fingerprint density at radius 3 is 1.00 bits per heavy atom. The summed E-state index contributed by atoms with van der Waals surface area (Å²) in [6.07, 6.45) is 0. The summed E-state index contributed by atoms with van der Waals surface area (Å²) >= 11 is 104. The Labute approximate surface area is 491 Å².